The summed E-state index contributed by atoms with van der Waals surface area (Å²) < 4.78 is 9.43. The molecular weight excluding hydrogens is 400 g/mol. The number of allylic oxidation sites excluding steroid dienone is 2. The van der Waals surface area contributed by atoms with E-state index >= 15 is 0 Å². The predicted molar refractivity (Wildman–Crippen MR) is 130 cm³/mol. The van der Waals surface area contributed by atoms with E-state index in [-0.39, 0.29) is 5.91 Å². The van der Waals surface area contributed by atoms with Gasteiger partial charge in [0.25, 0.3) is 0 Å². The highest BCUT2D eigenvalue weighted by molar-refractivity contribution is 5.76. The molecule has 4 rings (SSSR count). The third kappa shape index (κ3) is 5.49. The van der Waals surface area contributed by atoms with Crippen molar-refractivity contribution in [3.05, 3.63) is 71.5 Å². The number of hydrogen-bond donors (Lipinski definition) is 0. The molecule has 1 aliphatic carbocycles. The van der Waals surface area contributed by atoms with E-state index in [1.165, 1.54) is 22.2 Å². The molecule has 32 heavy (non-hydrogen) atoms. The van der Waals surface area contributed by atoms with E-state index in [9.17, 15) is 4.79 Å². The smallest absolute Gasteiger partial charge is 0.242 e. The Balaban J connectivity index is 0.000000238. The van der Waals surface area contributed by atoms with E-state index in [2.05, 4.69) is 54.7 Å². The van der Waals surface area contributed by atoms with E-state index < -0.39 is 0 Å². The van der Waals surface area contributed by atoms with Crippen LogP contribution >= 0.6 is 0 Å². The van der Waals surface area contributed by atoms with Crippen molar-refractivity contribution in [2.24, 2.45) is 13.0 Å². The number of rotatable bonds is 5. The van der Waals surface area contributed by atoms with E-state index in [0.717, 1.165) is 24.4 Å². The summed E-state index contributed by atoms with van der Waals surface area (Å²) in [6, 6.07) is 6.06. The Labute approximate surface area is 190 Å². The number of carbonyl (C=O) groups is 1. The van der Waals surface area contributed by atoms with Gasteiger partial charge in [-0.1, -0.05) is 19.9 Å². The van der Waals surface area contributed by atoms with Gasteiger partial charge in [0, 0.05) is 62.3 Å². The third-order valence-corrected chi connectivity index (χ3v) is 5.55. The molecule has 1 amide bonds. The number of carbonyl (C=O) groups excluding carboxylic acids is 1. The van der Waals surface area contributed by atoms with Gasteiger partial charge in [-0.05, 0) is 48.8 Å². The molecule has 0 aromatic carbocycles. The first kappa shape index (κ1) is 23.4. The largest absolute Gasteiger partial charge is 0.497 e. The third-order valence-electron chi connectivity index (χ3n) is 5.55. The molecule has 170 valence electrons. The molecule has 6 nitrogen and oxygen atoms in total. The Bertz CT molecular complexity index is 1130. The fraction of sp³-hybridized carbons (Fsp3) is 0.385. The standard InChI is InChI=1S/C18H26N2O2.C8H8N2/c1-13(2)10-19(4)18(21)12-20-11-14(3)16-9-15(22-5)7-6-8-17(16)20;1-10-6-4-7-3-2-5-9-8(7)10/h6-7,9,11,13H,8,10,12H2,1-5H3;2-6H,1H3. The van der Waals surface area contributed by atoms with Crippen LogP contribution in [0.3, 0.4) is 0 Å². The van der Waals surface area contributed by atoms with Gasteiger partial charge in [-0.3, -0.25) is 4.79 Å². The van der Waals surface area contributed by atoms with Crippen molar-refractivity contribution >= 4 is 23.0 Å². The van der Waals surface area contributed by atoms with Crippen LogP contribution in [0.1, 0.15) is 30.7 Å². The lowest BCUT2D eigenvalue weighted by Crippen LogP contribution is -2.33. The number of aryl methyl sites for hydroxylation is 2. The zero-order valence-electron chi connectivity index (χ0n) is 20.0. The molecule has 6 heteroatoms. The van der Waals surface area contributed by atoms with Crippen LogP contribution in [0.25, 0.3) is 17.1 Å². The van der Waals surface area contributed by atoms with Gasteiger partial charge in [0.15, 0.2) is 0 Å². The van der Waals surface area contributed by atoms with Crippen molar-refractivity contribution in [2.45, 2.75) is 33.7 Å². The summed E-state index contributed by atoms with van der Waals surface area (Å²) in [5, 5.41) is 1.20. The van der Waals surface area contributed by atoms with Gasteiger partial charge < -0.3 is 18.8 Å². The number of amides is 1. The summed E-state index contributed by atoms with van der Waals surface area (Å²) in [7, 11) is 5.55. The maximum atomic E-state index is 12.4. The highest BCUT2D eigenvalue weighted by atomic mass is 16.5. The first-order valence-electron chi connectivity index (χ1n) is 11.0. The van der Waals surface area contributed by atoms with Crippen molar-refractivity contribution in [1.82, 2.24) is 19.0 Å². The number of methoxy groups -OCH3 is 1. The molecule has 0 saturated heterocycles. The first-order chi connectivity index (χ1) is 15.3. The van der Waals surface area contributed by atoms with Crippen LogP contribution in [-0.2, 0) is 29.5 Å². The van der Waals surface area contributed by atoms with Crippen LogP contribution < -0.4 is 0 Å². The van der Waals surface area contributed by atoms with Gasteiger partial charge >= 0.3 is 0 Å². The van der Waals surface area contributed by atoms with Gasteiger partial charge in [0.1, 0.15) is 18.0 Å². The van der Waals surface area contributed by atoms with Gasteiger partial charge in [-0.15, -0.1) is 0 Å². The van der Waals surface area contributed by atoms with E-state index in [4.69, 9.17) is 4.74 Å². The van der Waals surface area contributed by atoms with Crippen molar-refractivity contribution < 1.29 is 9.53 Å². The molecule has 0 unspecified atom stereocenters. The molecule has 3 heterocycles. The Morgan fingerprint density at radius 2 is 2.09 bits per heavy atom. The van der Waals surface area contributed by atoms with E-state index in [0.29, 0.717) is 12.5 Å². The van der Waals surface area contributed by atoms with Crippen molar-refractivity contribution in [1.29, 1.82) is 0 Å². The summed E-state index contributed by atoms with van der Waals surface area (Å²) in [6.45, 7) is 7.50. The van der Waals surface area contributed by atoms with Crippen LogP contribution in [0.4, 0.5) is 0 Å². The molecule has 0 spiro atoms. The van der Waals surface area contributed by atoms with Gasteiger partial charge in [-0.25, -0.2) is 4.98 Å². The first-order valence-corrected chi connectivity index (χ1v) is 11.0. The van der Waals surface area contributed by atoms with Crippen LogP contribution in [0, 0.1) is 12.8 Å². The van der Waals surface area contributed by atoms with Crippen molar-refractivity contribution in [3.63, 3.8) is 0 Å². The number of pyridine rings is 1. The predicted octanol–water partition coefficient (Wildman–Crippen LogP) is 4.58. The average Bonchev–Trinajstić information content (AvgIpc) is 3.17. The average molecular weight is 435 g/mol. The normalized spacial score (nSPS) is 12.7. The topological polar surface area (TPSA) is 52.3 Å². The minimum Gasteiger partial charge on any atom is -0.497 e. The maximum Gasteiger partial charge on any atom is 0.242 e. The lowest BCUT2D eigenvalue weighted by molar-refractivity contribution is -0.131. The number of fused-ring (bicyclic) bond motifs is 2. The fourth-order valence-electron chi connectivity index (χ4n) is 3.95. The van der Waals surface area contributed by atoms with Gasteiger partial charge in [-0.2, -0.15) is 0 Å². The number of hydrogen-bond acceptors (Lipinski definition) is 3. The lowest BCUT2D eigenvalue weighted by atomic mass is 10.1. The summed E-state index contributed by atoms with van der Waals surface area (Å²) in [5.74, 6) is 1.48. The zero-order valence-corrected chi connectivity index (χ0v) is 20.0. The Morgan fingerprint density at radius 1 is 1.31 bits per heavy atom. The Kier molecular flexibility index (Phi) is 7.57. The Morgan fingerprint density at radius 3 is 2.78 bits per heavy atom. The molecule has 0 N–H and O–H groups in total. The molecule has 0 saturated carbocycles. The van der Waals surface area contributed by atoms with Crippen LogP contribution in [0.2, 0.25) is 0 Å². The lowest BCUT2D eigenvalue weighted by Gasteiger charge is -2.20. The molecule has 0 radical (unpaired) electrons. The molecule has 0 fully saturated rings. The molecule has 1 aliphatic rings. The number of aromatic nitrogens is 3. The van der Waals surface area contributed by atoms with Crippen LogP contribution in [-0.4, -0.2) is 45.6 Å². The second-order valence-electron chi connectivity index (χ2n) is 8.67. The van der Waals surface area contributed by atoms with Crippen LogP contribution in [0.5, 0.6) is 0 Å². The van der Waals surface area contributed by atoms with E-state index in [1.54, 1.807) is 7.11 Å². The zero-order chi connectivity index (χ0) is 23.3. The molecule has 0 atom stereocenters. The summed E-state index contributed by atoms with van der Waals surface area (Å²) in [4.78, 5) is 18.4. The number of ether oxygens (including phenoxy) is 1. The summed E-state index contributed by atoms with van der Waals surface area (Å²) >= 11 is 0. The SMILES string of the molecule is COC1=Cc2c(C)cn(CC(=O)N(C)CC(C)C)c2CC=C1.Cn1ccc2cccnc21. The minimum atomic E-state index is 0.149. The number of nitrogens with zero attached hydrogens (tertiary/aromatic N) is 4. The van der Waals surface area contributed by atoms with E-state index in [1.807, 2.05) is 54.2 Å². The molecule has 0 aliphatic heterocycles. The second-order valence-corrected chi connectivity index (χ2v) is 8.67. The highest BCUT2D eigenvalue weighted by Crippen LogP contribution is 2.24. The molecular formula is C26H34N4O2. The Hall–Kier alpha value is -3.28. The van der Waals surface area contributed by atoms with Crippen molar-refractivity contribution in [2.75, 3.05) is 20.7 Å². The molecule has 3 aromatic rings. The summed E-state index contributed by atoms with van der Waals surface area (Å²) in [6.07, 6.45) is 12.8. The number of likely N-dealkylation sites (N-methyl/N-ethyl adjacent to an activating group) is 1. The summed E-state index contributed by atoms with van der Waals surface area (Å²) in [5.41, 5.74) is 4.56. The second kappa shape index (κ2) is 10.4. The fourth-order valence-corrected chi connectivity index (χ4v) is 3.95. The van der Waals surface area contributed by atoms with Crippen molar-refractivity contribution in [3.8, 4) is 0 Å². The minimum absolute atomic E-state index is 0.149. The maximum absolute atomic E-state index is 12.4. The van der Waals surface area contributed by atoms with Gasteiger partial charge in [0.05, 0.1) is 7.11 Å². The monoisotopic (exact) mass is 434 g/mol. The highest BCUT2D eigenvalue weighted by Gasteiger charge is 2.17. The van der Waals surface area contributed by atoms with Crippen LogP contribution in [0.15, 0.2) is 54.7 Å². The quantitative estimate of drug-likeness (QED) is 0.590. The van der Waals surface area contributed by atoms with Gasteiger partial charge in [0.2, 0.25) is 5.91 Å². The molecule has 3 aromatic heterocycles. The molecule has 0 bridgehead atoms.